The molecule has 0 unspecified atom stereocenters. The Kier molecular flexibility index (Phi) is 5.53. The molecular formula is C20H29N5O2S. The van der Waals surface area contributed by atoms with Crippen LogP contribution < -0.4 is 0 Å². The molecule has 0 bridgehead atoms. The highest BCUT2D eigenvalue weighted by atomic mass is 32.1. The smallest absolute Gasteiger partial charge is 0.230 e. The molecule has 8 heteroatoms. The average Bonchev–Trinajstić information content (AvgIpc) is 3.44. The number of imidazole rings is 1. The molecule has 2 saturated heterocycles. The van der Waals surface area contributed by atoms with Crippen LogP contribution in [0.25, 0.3) is 0 Å². The van der Waals surface area contributed by atoms with E-state index in [0.29, 0.717) is 19.2 Å². The monoisotopic (exact) mass is 403 g/mol. The molecule has 4 rings (SSSR count). The maximum absolute atomic E-state index is 13.5. The summed E-state index contributed by atoms with van der Waals surface area (Å²) in [6.07, 6.45) is 6.76. The number of likely N-dealkylation sites (tertiary alicyclic amines) is 2. The quantitative estimate of drug-likeness (QED) is 0.710. The minimum atomic E-state index is -0.388. The summed E-state index contributed by atoms with van der Waals surface area (Å²) in [6.45, 7) is 8.76. The average molecular weight is 404 g/mol. The molecule has 0 aliphatic carbocycles. The second-order valence-electron chi connectivity index (χ2n) is 8.18. The predicted octanol–water partition coefficient (Wildman–Crippen LogP) is 2.38. The Morgan fingerprint density at radius 2 is 2.25 bits per heavy atom. The molecule has 4 heterocycles. The van der Waals surface area contributed by atoms with Crippen molar-refractivity contribution < 1.29 is 9.53 Å². The number of ether oxygens (including phenoxy) is 1. The van der Waals surface area contributed by atoms with Crippen LogP contribution in [0.1, 0.15) is 42.9 Å². The Morgan fingerprint density at radius 3 is 2.93 bits per heavy atom. The summed E-state index contributed by atoms with van der Waals surface area (Å²) in [5.41, 5.74) is 0.651. The lowest BCUT2D eigenvalue weighted by atomic mass is 9.75. The van der Waals surface area contributed by atoms with Crippen molar-refractivity contribution in [2.45, 2.75) is 38.8 Å². The van der Waals surface area contributed by atoms with Crippen molar-refractivity contribution in [3.8, 4) is 0 Å². The minimum absolute atomic E-state index is 0.118. The van der Waals surface area contributed by atoms with E-state index in [-0.39, 0.29) is 17.2 Å². The number of nitrogens with zero attached hydrogens (tertiary/aromatic N) is 5. The first-order valence-corrected chi connectivity index (χ1v) is 10.8. The first-order valence-electron chi connectivity index (χ1n) is 9.96. The normalized spacial score (nSPS) is 25.6. The maximum atomic E-state index is 13.5. The van der Waals surface area contributed by atoms with Crippen molar-refractivity contribution in [3.63, 3.8) is 0 Å². The maximum Gasteiger partial charge on any atom is 0.230 e. The fraction of sp³-hybridized carbons (Fsp3) is 0.650. The van der Waals surface area contributed by atoms with Gasteiger partial charge in [-0.05, 0) is 20.3 Å². The Morgan fingerprint density at radius 1 is 1.39 bits per heavy atom. The summed E-state index contributed by atoms with van der Waals surface area (Å²) in [5.74, 6) is 0.378. The summed E-state index contributed by atoms with van der Waals surface area (Å²) in [7, 11) is 1.68. The van der Waals surface area contributed by atoms with E-state index in [0.717, 1.165) is 43.3 Å². The third-order valence-electron chi connectivity index (χ3n) is 6.14. The number of methoxy groups -OCH3 is 1. The Balaban J connectivity index is 1.61. The molecule has 2 aromatic rings. The molecule has 0 radical (unpaired) electrons. The van der Waals surface area contributed by atoms with Gasteiger partial charge in [0.15, 0.2) is 0 Å². The van der Waals surface area contributed by atoms with E-state index >= 15 is 0 Å². The van der Waals surface area contributed by atoms with Crippen molar-refractivity contribution in [2.75, 3.05) is 39.9 Å². The van der Waals surface area contributed by atoms with Gasteiger partial charge in [0, 0.05) is 63.0 Å². The van der Waals surface area contributed by atoms with Crippen LogP contribution in [0.5, 0.6) is 0 Å². The van der Waals surface area contributed by atoms with Crippen molar-refractivity contribution in [3.05, 3.63) is 34.8 Å². The fourth-order valence-electron chi connectivity index (χ4n) is 4.58. The van der Waals surface area contributed by atoms with Gasteiger partial charge in [0.25, 0.3) is 0 Å². The lowest BCUT2D eigenvalue weighted by Crippen LogP contribution is -2.40. The Bertz CT molecular complexity index is 805. The van der Waals surface area contributed by atoms with Crippen LogP contribution in [0.4, 0.5) is 0 Å². The van der Waals surface area contributed by atoms with Crippen LogP contribution in [-0.2, 0) is 16.1 Å². The first-order chi connectivity index (χ1) is 13.5. The zero-order chi connectivity index (χ0) is 19.7. The van der Waals surface area contributed by atoms with E-state index in [1.165, 1.54) is 0 Å². The molecule has 7 nitrogen and oxygen atoms in total. The van der Waals surface area contributed by atoms with Crippen LogP contribution >= 0.6 is 11.3 Å². The number of carbonyl (C=O) groups excluding carboxylic acids is 1. The molecule has 2 aromatic heterocycles. The summed E-state index contributed by atoms with van der Waals surface area (Å²) in [6, 6.07) is 0.363. The molecule has 2 atom stereocenters. The molecule has 2 fully saturated rings. The molecule has 28 heavy (non-hydrogen) atoms. The highest BCUT2D eigenvalue weighted by Crippen LogP contribution is 2.49. The van der Waals surface area contributed by atoms with Crippen molar-refractivity contribution in [2.24, 2.45) is 5.41 Å². The van der Waals surface area contributed by atoms with E-state index in [1.54, 1.807) is 18.4 Å². The molecule has 1 spiro atoms. The van der Waals surface area contributed by atoms with Gasteiger partial charge >= 0.3 is 0 Å². The van der Waals surface area contributed by atoms with E-state index in [2.05, 4.69) is 34.5 Å². The van der Waals surface area contributed by atoms with Crippen molar-refractivity contribution in [1.29, 1.82) is 0 Å². The molecule has 0 aromatic carbocycles. The standard InChI is InChI=1S/C20H29N5O2S/c1-15(2)25-11-17(22-14-25)16-10-23(12-18-21-5-9-28-18)13-20(16)4-6-24(19(20)26)7-8-27-3/h5,9,11,14-16H,4,6-8,10,12-13H2,1-3H3/t16-,20-/m1/s1. The molecule has 1 amide bonds. The van der Waals surface area contributed by atoms with Crippen LogP contribution in [-0.4, -0.2) is 70.1 Å². The van der Waals surface area contributed by atoms with E-state index in [1.807, 2.05) is 22.8 Å². The fourth-order valence-corrected chi connectivity index (χ4v) is 5.24. The molecule has 0 saturated carbocycles. The Hall–Kier alpha value is -1.77. The van der Waals surface area contributed by atoms with E-state index in [9.17, 15) is 4.79 Å². The summed E-state index contributed by atoms with van der Waals surface area (Å²) < 4.78 is 7.34. The van der Waals surface area contributed by atoms with Crippen molar-refractivity contribution in [1.82, 2.24) is 24.3 Å². The summed E-state index contributed by atoms with van der Waals surface area (Å²) in [5, 5.41) is 3.11. The van der Waals surface area contributed by atoms with Crippen LogP contribution in [0.2, 0.25) is 0 Å². The largest absolute Gasteiger partial charge is 0.383 e. The topological polar surface area (TPSA) is 63.5 Å². The van der Waals surface area contributed by atoms with Crippen LogP contribution in [0.15, 0.2) is 24.1 Å². The molecular weight excluding hydrogens is 374 g/mol. The molecule has 2 aliphatic rings. The number of amides is 1. The Labute approximate surface area is 170 Å². The highest BCUT2D eigenvalue weighted by Gasteiger charge is 2.57. The number of rotatable bonds is 7. The second kappa shape index (κ2) is 7.93. The van der Waals surface area contributed by atoms with Crippen LogP contribution in [0, 0.1) is 5.41 Å². The lowest BCUT2D eigenvalue weighted by Gasteiger charge is -2.28. The number of carbonyl (C=O) groups is 1. The minimum Gasteiger partial charge on any atom is -0.383 e. The summed E-state index contributed by atoms with van der Waals surface area (Å²) >= 11 is 1.67. The van der Waals surface area contributed by atoms with Crippen molar-refractivity contribution >= 4 is 17.2 Å². The first kappa shape index (κ1) is 19.5. The third-order valence-corrected chi connectivity index (χ3v) is 6.90. The van der Waals surface area contributed by atoms with Gasteiger partial charge in [-0.1, -0.05) is 0 Å². The SMILES string of the molecule is COCCN1CC[C@]2(CN(Cc3nccs3)C[C@@H]2c2cn(C(C)C)cn2)C1=O. The van der Waals surface area contributed by atoms with Gasteiger partial charge in [-0.3, -0.25) is 9.69 Å². The van der Waals surface area contributed by atoms with E-state index in [4.69, 9.17) is 9.72 Å². The zero-order valence-electron chi connectivity index (χ0n) is 16.9. The van der Waals surface area contributed by atoms with E-state index < -0.39 is 0 Å². The highest BCUT2D eigenvalue weighted by molar-refractivity contribution is 7.09. The number of hydrogen-bond donors (Lipinski definition) is 0. The van der Waals surface area contributed by atoms with Gasteiger partial charge in [0.05, 0.1) is 30.6 Å². The number of hydrogen-bond acceptors (Lipinski definition) is 6. The molecule has 2 aliphatic heterocycles. The van der Waals surface area contributed by atoms with Crippen LogP contribution in [0.3, 0.4) is 0 Å². The van der Waals surface area contributed by atoms with Gasteiger partial charge in [-0.15, -0.1) is 11.3 Å². The van der Waals surface area contributed by atoms with Gasteiger partial charge < -0.3 is 14.2 Å². The van der Waals surface area contributed by atoms with Gasteiger partial charge in [0.1, 0.15) is 5.01 Å². The van der Waals surface area contributed by atoms with Gasteiger partial charge in [0.2, 0.25) is 5.91 Å². The lowest BCUT2D eigenvalue weighted by molar-refractivity contribution is -0.136. The third kappa shape index (κ3) is 3.49. The van der Waals surface area contributed by atoms with Gasteiger partial charge in [-0.2, -0.15) is 0 Å². The second-order valence-corrected chi connectivity index (χ2v) is 9.16. The number of aromatic nitrogens is 3. The molecule has 152 valence electrons. The summed E-state index contributed by atoms with van der Waals surface area (Å²) in [4.78, 5) is 27.0. The number of thiazole rings is 1. The predicted molar refractivity (Wildman–Crippen MR) is 108 cm³/mol. The van der Waals surface area contributed by atoms with Gasteiger partial charge in [-0.25, -0.2) is 9.97 Å². The zero-order valence-corrected chi connectivity index (χ0v) is 17.7. The molecule has 0 N–H and O–H groups in total.